The first-order chi connectivity index (χ1) is 7.24. The summed E-state index contributed by atoms with van der Waals surface area (Å²) in [5.41, 5.74) is 1.23. The summed E-state index contributed by atoms with van der Waals surface area (Å²) >= 11 is 0. The van der Waals surface area contributed by atoms with Gasteiger partial charge in [-0.05, 0) is 18.9 Å². The maximum atomic E-state index is 9.66. The maximum absolute atomic E-state index is 9.66. The molecule has 1 aromatic carbocycles. The van der Waals surface area contributed by atoms with Crippen molar-refractivity contribution >= 4 is 0 Å². The molecule has 1 rings (SSSR count). The van der Waals surface area contributed by atoms with E-state index < -0.39 is 0 Å². The zero-order chi connectivity index (χ0) is 11.1. The van der Waals surface area contributed by atoms with E-state index in [-0.39, 0.29) is 12.1 Å². The lowest BCUT2D eigenvalue weighted by Gasteiger charge is -2.19. The summed E-state index contributed by atoms with van der Waals surface area (Å²) in [5.74, 6) is 0. The number of aliphatic hydroxyl groups excluding tert-OH is 1. The van der Waals surface area contributed by atoms with E-state index in [9.17, 15) is 5.11 Å². The molecule has 0 bridgehead atoms. The molecule has 0 saturated carbocycles. The maximum Gasteiger partial charge on any atom is 0.0724 e. The van der Waals surface area contributed by atoms with Gasteiger partial charge in [0.25, 0.3) is 0 Å². The Kier molecular flexibility index (Phi) is 5.08. The molecule has 15 heavy (non-hydrogen) atoms. The van der Waals surface area contributed by atoms with Crippen molar-refractivity contribution in [1.29, 1.82) is 0 Å². The van der Waals surface area contributed by atoms with Crippen LogP contribution in [0.1, 0.15) is 18.9 Å². The highest BCUT2D eigenvalue weighted by Crippen LogP contribution is 2.02. The van der Waals surface area contributed by atoms with Crippen molar-refractivity contribution in [1.82, 2.24) is 5.32 Å². The average molecular weight is 205 g/mol. The highest BCUT2D eigenvalue weighted by molar-refractivity contribution is 5.14. The second-order valence-corrected chi connectivity index (χ2v) is 3.75. The van der Waals surface area contributed by atoms with Gasteiger partial charge in [-0.15, -0.1) is 6.58 Å². The molecule has 2 nitrogen and oxygen atoms in total. The van der Waals surface area contributed by atoms with Crippen LogP contribution in [0.5, 0.6) is 0 Å². The summed E-state index contributed by atoms with van der Waals surface area (Å²) in [6.45, 7) is 6.38. The first kappa shape index (κ1) is 12.0. The molecule has 2 heteroatoms. The minimum Gasteiger partial charge on any atom is -0.391 e. The highest BCUT2D eigenvalue weighted by Gasteiger charge is 2.11. The molecule has 0 aliphatic carbocycles. The monoisotopic (exact) mass is 205 g/mol. The van der Waals surface area contributed by atoms with E-state index in [2.05, 4.69) is 24.0 Å². The normalized spacial score (nSPS) is 14.5. The van der Waals surface area contributed by atoms with E-state index in [0.29, 0.717) is 6.42 Å². The van der Waals surface area contributed by atoms with Gasteiger partial charge in [0.2, 0.25) is 0 Å². The highest BCUT2D eigenvalue weighted by atomic mass is 16.3. The van der Waals surface area contributed by atoms with Crippen LogP contribution in [0.25, 0.3) is 0 Å². The van der Waals surface area contributed by atoms with Crippen LogP contribution < -0.4 is 5.32 Å². The fourth-order valence-electron chi connectivity index (χ4n) is 1.39. The molecule has 0 aliphatic rings. The van der Waals surface area contributed by atoms with Crippen LogP contribution in [0.15, 0.2) is 43.0 Å². The van der Waals surface area contributed by atoms with Gasteiger partial charge in [0.15, 0.2) is 0 Å². The fraction of sp³-hybridized carbons (Fsp3) is 0.385. The zero-order valence-corrected chi connectivity index (χ0v) is 9.19. The SMILES string of the molecule is C=CC[C@@H](O)[C@H](C)NCc1ccccc1. The standard InChI is InChI=1S/C13H19NO/c1-3-7-13(15)11(2)14-10-12-8-5-4-6-9-12/h3-6,8-9,11,13-15H,1,7,10H2,2H3/t11-,13+/m0/s1. The van der Waals surface area contributed by atoms with Gasteiger partial charge >= 0.3 is 0 Å². The van der Waals surface area contributed by atoms with E-state index in [1.165, 1.54) is 5.56 Å². The van der Waals surface area contributed by atoms with Gasteiger partial charge in [-0.3, -0.25) is 0 Å². The van der Waals surface area contributed by atoms with Crippen molar-refractivity contribution in [3.63, 3.8) is 0 Å². The molecule has 0 radical (unpaired) electrons. The molecule has 1 aromatic rings. The van der Waals surface area contributed by atoms with Crippen molar-refractivity contribution in [2.75, 3.05) is 0 Å². The topological polar surface area (TPSA) is 32.3 Å². The van der Waals surface area contributed by atoms with E-state index in [4.69, 9.17) is 0 Å². The molecule has 0 fully saturated rings. The van der Waals surface area contributed by atoms with E-state index in [1.807, 2.05) is 25.1 Å². The van der Waals surface area contributed by atoms with Gasteiger partial charge in [-0.1, -0.05) is 36.4 Å². The summed E-state index contributed by atoms with van der Waals surface area (Å²) < 4.78 is 0. The Labute approximate surface area is 91.6 Å². The molecule has 0 unspecified atom stereocenters. The van der Waals surface area contributed by atoms with Crippen molar-refractivity contribution < 1.29 is 5.11 Å². The molecular formula is C13H19NO. The first-order valence-corrected chi connectivity index (χ1v) is 5.30. The molecule has 0 saturated heterocycles. The van der Waals surface area contributed by atoms with Gasteiger partial charge in [0.1, 0.15) is 0 Å². The number of benzene rings is 1. The van der Waals surface area contributed by atoms with Crippen LogP contribution in [0.4, 0.5) is 0 Å². The Morgan fingerprint density at radius 3 is 2.67 bits per heavy atom. The summed E-state index contributed by atoms with van der Waals surface area (Å²) in [5, 5.41) is 12.9. The summed E-state index contributed by atoms with van der Waals surface area (Å²) in [7, 11) is 0. The smallest absolute Gasteiger partial charge is 0.0724 e. The number of hydrogen-bond acceptors (Lipinski definition) is 2. The molecule has 0 amide bonds. The van der Waals surface area contributed by atoms with Crippen molar-refractivity contribution in [3.8, 4) is 0 Å². The van der Waals surface area contributed by atoms with Crippen LogP contribution in [-0.2, 0) is 6.54 Å². The Hall–Kier alpha value is -1.12. The number of nitrogens with one attached hydrogen (secondary N) is 1. The van der Waals surface area contributed by atoms with E-state index in [0.717, 1.165) is 6.54 Å². The number of hydrogen-bond donors (Lipinski definition) is 2. The average Bonchev–Trinajstić information content (AvgIpc) is 2.27. The molecule has 2 N–H and O–H groups in total. The first-order valence-electron chi connectivity index (χ1n) is 5.30. The van der Waals surface area contributed by atoms with Gasteiger partial charge in [0.05, 0.1) is 6.10 Å². The van der Waals surface area contributed by atoms with Crippen LogP contribution in [0, 0.1) is 0 Å². The third-order valence-electron chi connectivity index (χ3n) is 2.46. The fourth-order valence-corrected chi connectivity index (χ4v) is 1.39. The number of rotatable bonds is 6. The second-order valence-electron chi connectivity index (χ2n) is 3.75. The molecule has 0 heterocycles. The van der Waals surface area contributed by atoms with Gasteiger partial charge in [0, 0.05) is 12.6 Å². The lowest BCUT2D eigenvalue weighted by atomic mass is 10.1. The quantitative estimate of drug-likeness (QED) is 0.697. The largest absolute Gasteiger partial charge is 0.391 e. The van der Waals surface area contributed by atoms with Crippen molar-refractivity contribution in [2.24, 2.45) is 0 Å². The predicted octanol–water partition coefficient (Wildman–Crippen LogP) is 2.10. The van der Waals surface area contributed by atoms with Crippen LogP contribution in [0.3, 0.4) is 0 Å². The zero-order valence-electron chi connectivity index (χ0n) is 9.19. The van der Waals surface area contributed by atoms with Crippen LogP contribution in [0.2, 0.25) is 0 Å². The Balaban J connectivity index is 2.34. The minimum absolute atomic E-state index is 0.0863. The van der Waals surface area contributed by atoms with Gasteiger partial charge in [-0.25, -0.2) is 0 Å². The summed E-state index contributed by atoms with van der Waals surface area (Å²) in [6, 6.07) is 10.3. The van der Waals surface area contributed by atoms with E-state index in [1.54, 1.807) is 6.08 Å². The molecule has 0 aliphatic heterocycles. The van der Waals surface area contributed by atoms with Crippen LogP contribution in [-0.4, -0.2) is 17.3 Å². The van der Waals surface area contributed by atoms with Gasteiger partial charge < -0.3 is 10.4 Å². The molecule has 0 spiro atoms. The Morgan fingerprint density at radius 2 is 2.07 bits per heavy atom. The Morgan fingerprint density at radius 1 is 1.40 bits per heavy atom. The summed E-state index contributed by atoms with van der Waals surface area (Å²) in [6.07, 6.45) is 2.01. The summed E-state index contributed by atoms with van der Waals surface area (Å²) in [4.78, 5) is 0. The lowest BCUT2D eigenvalue weighted by molar-refractivity contribution is 0.136. The molecule has 82 valence electrons. The Bertz CT molecular complexity index is 284. The van der Waals surface area contributed by atoms with Crippen molar-refractivity contribution in [3.05, 3.63) is 48.6 Å². The third kappa shape index (κ3) is 4.28. The minimum atomic E-state index is -0.355. The van der Waals surface area contributed by atoms with Crippen LogP contribution >= 0.6 is 0 Å². The van der Waals surface area contributed by atoms with Crippen molar-refractivity contribution in [2.45, 2.75) is 32.0 Å². The molecule has 2 atom stereocenters. The van der Waals surface area contributed by atoms with Gasteiger partial charge in [-0.2, -0.15) is 0 Å². The van der Waals surface area contributed by atoms with E-state index >= 15 is 0 Å². The molecule has 0 aromatic heterocycles. The third-order valence-corrected chi connectivity index (χ3v) is 2.46. The second kappa shape index (κ2) is 6.38. The number of aliphatic hydroxyl groups is 1. The predicted molar refractivity (Wildman–Crippen MR) is 63.6 cm³/mol. The molecular weight excluding hydrogens is 186 g/mol. The lowest BCUT2D eigenvalue weighted by Crippen LogP contribution is -2.36.